The minimum atomic E-state index is 0.749. The van der Waals surface area contributed by atoms with E-state index in [4.69, 9.17) is 9.84 Å². The maximum absolute atomic E-state index is 5.20. The zero-order valence-electron chi connectivity index (χ0n) is 12.4. The van der Waals surface area contributed by atoms with E-state index < -0.39 is 0 Å². The second-order valence-electron chi connectivity index (χ2n) is 5.41. The maximum Gasteiger partial charge on any atom is 0.185 e. The molecule has 0 bridgehead atoms. The van der Waals surface area contributed by atoms with Crippen LogP contribution in [0.1, 0.15) is 12.8 Å². The summed E-state index contributed by atoms with van der Waals surface area (Å²) in [5.41, 5.74) is 1.73. The van der Waals surface area contributed by atoms with E-state index in [1.54, 1.807) is 7.11 Å². The van der Waals surface area contributed by atoms with Crippen LogP contribution in [0.3, 0.4) is 0 Å². The zero-order valence-corrected chi connectivity index (χ0v) is 12.4. The molecule has 1 fully saturated rings. The Morgan fingerprint density at radius 1 is 0.955 bits per heavy atom. The summed E-state index contributed by atoms with van der Waals surface area (Å²) in [4.78, 5) is 2.30. The largest absolute Gasteiger partial charge is 0.497 e. The molecule has 1 saturated heterocycles. The lowest BCUT2D eigenvalue weighted by molar-refractivity contribution is 0.415. The van der Waals surface area contributed by atoms with Crippen LogP contribution in [0.15, 0.2) is 36.4 Å². The predicted molar refractivity (Wildman–Crippen MR) is 84.2 cm³/mol. The Morgan fingerprint density at radius 2 is 1.73 bits per heavy atom. The highest BCUT2D eigenvalue weighted by Crippen LogP contribution is 2.23. The first-order valence-electron chi connectivity index (χ1n) is 7.47. The molecule has 1 aliphatic heterocycles. The molecule has 3 aromatic rings. The lowest BCUT2D eigenvalue weighted by Crippen LogP contribution is -2.19. The Balaban J connectivity index is 1.77. The predicted octanol–water partition coefficient (Wildman–Crippen LogP) is 2.40. The minimum Gasteiger partial charge on any atom is -0.497 e. The van der Waals surface area contributed by atoms with Gasteiger partial charge in [-0.15, -0.1) is 15.3 Å². The molecule has 1 aliphatic rings. The number of ether oxygens (including phenoxy) is 1. The van der Waals surface area contributed by atoms with Crippen LogP contribution in [0.4, 0.5) is 5.82 Å². The molecular formula is C16H17N5O. The van der Waals surface area contributed by atoms with E-state index in [1.807, 2.05) is 40.9 Å². The van der Waals surface area contributed by atoms with Crippen LogP contribution >= 0.6 is 0 Å². The van der Waals surface area contributed by atoms with Gasteiger partial charge in [-0.25, -0.2) is 0 Å². The monoisotopic (exact) mass is 295 g/mol. The fourth-order valence-corrected chi connectivity index (χ4v) is 2.81. The second kappa shape index (κ2) is 5.29. The maximum atomic E-state index is 5.20. The first kappa shape index (κ1) is 13.1. The fraction of sp³-hybridized carbons (Fsp3) is 0.312. The van der Waals surface area contributed by atoms with Crippen molar-refractivity contribution in [1.29, 1.82) is 0 Å². The Hall–Kier alpha value is -2.63. The first-order valence-corrected chi connectivity index (χ1v) is 7.47. The third-order valence-electron chi connectivity index (χ3n) is 4.03. The van der Waals surface area contributed by atoms with E-state index in [0.29, 0.717) is 0 Å². The number of aromatic nitrogens is 4. The Morgan fingerprint density at radius 3 is 2.45 bits per heavy atom. The summed E-state index contributed by atoms with van der Waals surface area (Å²) in [5, 5.41) is 13.2. The van der Waals surface area contributed by atoms with Gasteiger partial charge < -0.3 is 9.64 Å². The van der Waals surface area contributed by atoms with Crippen molar-refractivity contribution >= 4 is 11.5 Å². The Labute approximate surface area is 128 Å². The van der Waals surface area contributed by atoms with Gasteiger partial charge in [0, 0.05) is 18.7 Å². The lowest BCUT2D eigenvalue weighted by atomic mass is 10.2. The molecular weight excluding hydrogens is 278 g/mol. The van der Waals surface area contributed by atoms with Gasteiger partial charge in [0.25, 0.3) is 0 Å². The van der Waals surface area contributed by atoms with Crippen LogP contribution < -0.4 is 9.64 Å². The molecule has 22 heavy (non-hydrogen) atoms. The summed E-state index contributed by atoms with van der Waals surface area (Å²) in [6.07, 6.45) is 2.46. The van der Waals surface area contributed by atoms with Gasteiger partial charge in [0.1, 0.15) is 11.6 Å². The molecule has 0 unspecified atom stereocenters. The number of methoxy groups -OCH3 is 1. The number of benzene rings is 1. The summed E-state index contributed by atoms with van der Waals surface area (Å²) < 4.78 is 7.01. The Kier molecular flexibility index (Phi) is 3.14. The van der Waals surface area contributed by atoms with Gasteiger partial charge in [-0.3, -0.25) is 0 Å². The molecule has 0 saturated carbocycles. The molecule has 6 heteroatoms. The average Bonchev–Trinajstić information content (AvgIpc) is 3.24. The van der Waals surface area contributed by atoms with Crippen LogP contribution in [0.5, 0.6) is 5.75 Å². The summed E-state index contributed by atoms with van der Waals surface area (Å²) in [6.45, 7) is 2.14. The van der Waals surface area contributed by atoms with Crippen molar-refractivity contribution in [1.82, 2.24) is 19.8 Å². The summed E-state index contributed by atoms with van der Waals surface area (Å²) in [7, 11) is 1.66. The van der Waals surface area contributed by atoms with Crippen LogP contribution in [0.2, 0.25) is 0 Å². The van der Waals surface area contributed by atoms with Crippen molar-refractivity contribution in [2.75, 3.05) is 25.1 Å². The molecule has 0 aliphatic carbocycles. The molecule has 0 amide bonds. The highest BCUT2D eigenvalue weighted by molar-refractivity contribution is 5.60. The smallest absolute Gasteiger partial charge is 0.185 e. The highest BCUT2D eigenvalue weighted by atomic mass is 16.5. The fourth-order valence-electron chi connectivity index (χ4n) is 2.81. The highest BCUT2D eigenvalue weighted by Gasteiger charge is 2.16. The third-order valence-corrected chi connectivity index (χ3v) is 4.03. The number of hydrogen-bond donors (Lipinski definition) is 0. The molecule has 112 valence electrons. The van der Waals surface area contributed by atoms with E-state index in [9.17, 15) is 0 Å². The molecule has 4 rings (SSSR count). The molecule has 6 nitrogen and oxygen atoms in total. The van der Waals surface area contributed by atoms with Gasteiger partial charge in [0.15, 0.2) is 11.5 Å². The molecule has 2 aromatic heterocycles. The number of nitrogens with zero attached hydrogens (tertiary/aromatic N) is 5. The second-order valence-corrected chi connectivity index (χ2v) is 5.41. The van der Waals surface area contributed by atoms with Crippen molar-refractivity contribution in [3.63, 3.8) is 0 Å². The third kappa shape index (κ3) is 2.16. The molecule has 0 spiro atoms. The van der Waals surface area contributed by atoms with Gasteiger partial charge in [0.05, 0.1) is 7.11 Å². The molecule has 0 N–H and O–H groups in total. The van der Waals surface area contributed by atoms with Crippen LogP contribution in [0, 0.1) is 0 Å². The number of rotatable bonds is 3. The number of fused-ring (bicyclic) bond motifs is 1. The minimum absolute atomic E-state index is 0.749. The molecule has 3 heterocycles. The summed E-state index contributed by atoms with van der Waals surface area (Å²) in [5.74, 6) is 2.56. The standard InChI is InChI=1S/C16H17N5O/c1-22-13-6-4-12(5-7-13)16-18-17-14-8-9-15(19-21(14)16)20-10-2-3-11-20/h4-9H,2-3,10-11H2,1H3. The van der Waals surface area contributed by atoms with E-state index in [1.165, 1.54) is 12.8 Å². The Bertz CT molecular complexity index is 790. The van der Waals surface area contributed by atoms with E-state index in [-0.39, 0.29) is 0 Å². The molecule has 1 aromatic carbocycles. The van der Waals surface area contributed by atoms with E-state index in [0.717, 1.165) is 41.7 Å². The first-order chi connectivity index (χ1) is 10.8. The quantitative estimate of drug-likeness (QED) is 0.742. The average molecular weight is 295 g/mol. The lowest BCUT2D eigenvalue weighted by Gasteiger charge is -2.15. The van der Waals surface area contributed by atoms with Crippen LogP contribution in [-0.4, -0.2) is 40.0 Å². The van der Waals surface area contributed by atoms with Crippen molar-refractivity contribution in [2.45, 2.75) is 12.8 Å². The summed E-state index contributed by atoms with van der Waals surface area (Å²) >= 11 is 0. The van der Waals surface area contributed by atoms with Crippen molar-refractivity contribution in [3.05, 3.63) is 36.4 Å². The van der Waals surface area contributed by atoms with E-state index in [2.05, 4.69) is 15.1 Å². The SMILES string of the molecule is COc1ccc(-c2nnc3ccc(N4CCCC4)nn23)cc1. The van der Waals surface area contributed by atoms with Crippen LogP contribution in [-0.2, 0) is 0 Å². The topological polar surface area (TPSA) is 55.6 Å². The van der Waals surface area contributed by atoms with Crippen LogP contribution in [0.25, 0.3) is 17.0 Å². The number of hydrogen-bond acceptors (Lipinski definition) is 5. The molecule has 0 atom stereocenters. The summed E-state index contributed by atoms with van der Waals surface area (Å²) in [6, 6.07) is 11.8. The molecule has 0 radical (unpaired) electrons. The number of anilines is 1. The van der Waals surface area contributed by atoms with Gasteiger partial charge in [0.2, 0.25) is 0 Å². The normalized spacial score (nSPS) is 14.7. The van der Waals surface area contributed by atoms with Crippen molar-refractivity contribution in [3.8, 4) is 17.1 Å². The zero-order chi connectivity index (χ0) is 14.9. The van der Waals surface area contributed by atoms with E-state index >= 15 is 0 Å². The van der Waals surface area contributed by atoms with Gasteiger partial charge in [-0.05, 0) is 49.2 Å². The van der Waals surface area contributed by atoms with Gasteiger partial charge >= 0.3 is 0 Å². The van der Waals surface area contributed by atoms with Gasteiger partial charge in [-0.1, -0.05) is 0 Å². The van der Waals surface area contributed by atoms with Gasteiger partial charge in [-0.2, -0.15) is 4.52 Å². The van der Waals surface area contributed by atoms with Crippen molar-refractivity contribution < 1.29 is 4.74 Å². The van der Waals surface area contributed by atoms with Crippen molar-refractivity contribution in [2.24, 2.45) is 0 Å².